The molecule has 1 aliphatic rings. The van der Waals surface area contributed by atoms with Gasteiger partial charge in [-0.2, -0.15) is 0 Å². The molecule has 1 aliphatic heterocycles. The van der Waals surface area contributed by atoms with Crippen LogP contribution in [0.15, 0.2) is 72.9 Å². The molecule has 12 nitrogen and oxygen atoms in total. The summed E-state index contributed by atoms with van der Waals surface area (Å²) >= 11 is 0. The van der Waals surface area contributed by atoms with E-state index in [9.17, 15) is 34.5 Å². The van der Waals surface area contributed by atoms with Crippen LogP contribution in [0.2, 0.25) is 0 Å². The van der Waals surface area contributed by atoms with Crippen molar-refractivity contribution in [3.8, 4) is 0 Å². The van der Waals surface area contributed by atoms with E-state index in [1.54, 1.807) is 0 Å². The second-order valence-electron chi connectivity index (χ2n) is 19.5. The molecule has 1 heterocycles. The first-order valence-electron chi connectivity index (χ1n) is 28.9. The van der Waals surface area contributed by atoms with Gasteiger partial charge in [0.25, 0.3) is 0 Å². The molecule has 0 radical (unpaired) electrons. The van der Waals surface area contributed by atoms with Gasteiger partial charge in [-0.05, 0) is 83.5 Å². The van der Waals surface area contributed by atoms with E-state index in [0.717, 1.165) is 141 Å². The van der Waals surface area contributed by atoms with Crippen LogP contribution in [0.4, 0.5) is 0 Å². The molecule has 1 fully saturated rings. The Labute approximate surface area is 442 Å². The number of carbonyl (C=O) groups is 4. The molecule has 0 saturated carbocycles. The van der Waals surface area contributed by atoms with E-state index in [2.05, 4.69) is 93.7 Å². The Morgan fingerprint density at radius 2 is 0.890 bits per heavy atom. The van der Waals surface area contributed by atoms with Crippen LogP contribution in [0.5, 0.6) is 0 Å². The lowest BCUT2D eigenvalue weighted by Gasteiger charge is -2.40. The molecule has 418 valence electrons. The van der Waals surface area contributed by atoms with Gasteiger partial charge in [0.15, 0.2) is 24.6 Å². The lowest BCUT2D eigenvalue weighted by atomic mass is 9.98. The fourth-order valence-electron chi connectivity index (χ4n) is 8.34. The number of aliphatic hydroxyl groups excluding tert-OH is 2. The molecule has 0 bridgehead atoms. The quantitative estimate of drug-likeness (QED) is 0.0228. The molecule has 0 amide bonds. The number of hydrogen-bond acceptors (Lipinski definition) is 11. The minimum absolute atomic E-state index is 0.0579. The molecular weight excluding hydrogens is 925 g/mol. The third kappa shape index (κ3) is 39.3. The first-order valence-corrected chi connectivity index (χ1v) is 28.9. The molecule has 0 spiro atoms. The number of carboxylic acid groups (broad SMARTS) is 1. The maximum atomic E-state index is 13.1. The number of aliphatic hydroxyl groups is 2. The van der Waals surface area contributed by atoms with Crippen LogP contribution in [0, 0.1) is 0 Å². The molecule has 6 unspecified atom stereocenters. The normalized spacial score (nSPS) is 18.8. The Bertz CT molecular complexity index is 1550. The molecule has 0 aromatic carbocycles. The third-order valence-electron chi connectivity index (χ3n) is 12.7. The zero-order valence-electron chi connectivity index (χ0n) is 45.9. The van der Waals surface area contributed by atoms with Gasteiger partial charge in [0.1, 0.15) is 18.8 Å². The fourth-order valence-corrected chi connectivity index (χ4v) is 8.34. The number of unbranched alkanes of at least 4 members (excludes halogenated alkanes) is 22. The lowest BCUT2D eigenvalue weighted by molar-refractivity contribution is -0.301. The minimum Gasteiger partial charge on any atom is -0.479 e. The Balaban J connectivity index is 2.69. The highest BCUT2D eigenvalue weighted by Gasteiger charge is 2.50. The summed E-state index contributed by atoms with van der Waals surface area (Å²) in [5, 5.41) is 31.4. The monoisotopic (exact) mass is 1030 g/mol. The predicted octanol–water partition coefficient (Wildman–Crippen LogP) is 14.6. The largest absolute Gasteiger partial charge is 0.479 e. The molecule has 73 heavy (non-hydrogen) atoms. The van der Waals surface area contributed by atoms with Gasteiger partial charge in [0.05, 0.1) is 6.61 Å². The number of hydrogen-bond donors (Lipinski definition) is 3. The zero-order chi connectivity index (χ0) is 53.3. The molecular formula is C61H102O12. The average Bonchev–Trinajstić information content (AvgIpc) is 3.37. The third-order valence-corrected chi connectivity index (χ3v) is 12.7. The van der Waals surface area contributed by atoms with Crippen LogP contribution in [-0.2, 0) is 42.9 Å². The molecule has 0 aromatic rings. The van der Waals surface area contributed by atoms with Crippen LogP contribution >= 0.6 is 0 Å². The number of esters is 3. The van der Waals surface area contributed by atoms with Crippen LogP contribution in [0.1, 0.15) is 239 Å². The van der Waals surface area contributed by atoms with Gasteiger partial charge < -0.3 is 39.0 Å². The Morgan fingerprint density at radius 3 is 1.37 bits per heavy atom. The summed E-state index contributed by atoms with van der Waals surface area (Å²) in [6.07, 6.45) is 48.8. The van der Waals surface area contributed by atoms with Crippen LogP contribution in [0.3, 0.4) is 0 Å². The lowest BCUT2D eigenvalue weighted by Crippen LogP contribution is -2.61. The van der Waals surface area contributed by atoms with E-state index in [0.29, 0.717) is 19.3 Å². The summed E-state index contributed by atoms with van der Waals surface area (Å²) in [5.41, 5.74) is 0. The molecule has 0 aromatic heterocycles. The summed E-state index contributed by atoms with van der Waals surface area (Å²) in [4.78, 5) is 51.0. The van der Waals surface area contributed by atoms with Crippen molar-refractivity contribution < 1.29 is 58.2 Å². The Morgan fingerprint density at radius 1 is 0.466 bits per heavy atom. The molecule has 3 N–H and O–H groups in total. The van der Waals surface area contributed by atoms with Crippen molar-refractivity contribution in [3.63, 3.8) is 0 Å². The molecule has 0 aliphatic carbocycles. The smallest absolute Gasteiger partial charge is 0.335 e. The van der Waals surface area contributed by atoms with E-state index < -0.39 is 67.3 Å². The standard InChI is InChI=1S/C61H102O12/c1-4-7-10-13-16-19-22-24-25-26-27-28-29-31-33-35-38-41-44-47-53(62)69-50-52(71-54(63)48-45-42-39-37-34-30-23-20-17-14-11-8-5-2)51-70-61-59(57(66)56(65)58(73-61)60(67)68)72-55(64)49-46-43-40-36-32-21-18-15-12-9-6-3/h7,10-11,14,16,19-20,23-25,27-28,52,56-59,61,65-66H,4-6,8-9,12-13,15,17-18,21-22,26,29-51H2,1-3H3,(H,67,68)/b10-7-,14-11-,19-16-,23-20-,25-24-,28-27-. The van der Waals surface area contributed by atoms with Crippen LogP contribution in [-0.4, -0.2) is 89.2 Å². The van der Waals surface area contributed by atoms with Gasteiger partial charge in [-0.15, -0.1) is 0 Å². The topological polar surface area (TPSA) is 175 Å². The first-order chi connectivity index (χ1) is 35.6. The molecule has 1 saturated heterocycles. The Hall–Kier alpha value is -3.84. The minimum atomic E-state index is -1.91. The maximum absolute atomic E-state index is 13.1. The van der Waals surface area contributed by atoms with Crippen LogP contribution in [0.25, 0.3) is 0 Å². The average molecular weight is 1030 g/mol. The van der Waals surface area contributed by atoms with Crippen molar-refractivity contribution in [2.24, 2.45) is 0 Å². The molecule has 6 atom stereocenters. The van der Waals surface area contributed by atoms with Crippen molar-refractivity contribution in [1.29, 1.82) is 0 Å². The van der Waals surface area contributed by atoms with E-state index in [1.807, 2.05) is 0 Å². The summed E-state index contributed by atoms with van der Waals surface area (Å²) in [5.74, 6) is -3.15. The van der Waals surface area contributed by atoms with Gasteiger partial charge in [0, 0.05) is 19.3 Å². The van der Waals surface area contributed by atoms with Gasteiger partial charge in [-0.1, -0.05) is 209 Å². The summed E-state index contributed by atoms with van der Waals surface area (Å²) in [7, 11) is 0. The number of ether oxygens (including phenoxy) is 5. The van der Waals surface area contributed by atoms with E-state index in [4.69, 9.17) is 23.7 Å². The second-order valence-corrected chi connectivity index (χ2v) is 19.5. The SMILES string of the molecule is CC/C=C\C/C=C\C/C=C\C/C=C\CCCCCCCCC(=O)OCC(COC1OC(C(=O)O)C(O)C(O)C1OC(=O)CCCCCCCCCCCCC)OC(=O)CCCCCCC/C=C\C/C=C\CCC. The molecule has 12 heteroatoms. The van der Waals surface area contributed by atoms with Gasteiger partial charge in [-0.25, -0.2) is 4.79 Å². The maximum Gasteiger partial charge on any atom is 0.335 e. The number of aliphatic carboxylic acids is 1. The van der Waals surface area contributed by atoms with Crippen molar-refractivity contribution in [2.45, 2.75) is 276 Å². The van der Waals surface area contributed by atoms with Gasteiger partial charge in [0.2, 0.25) is 0 Å². The van der Waals surface area contributed by atoms with Crippen LogP contribution < -0.4 is 0 Å². The summed E-state index contributed by atoms with van der Waals surface area (Å²) in [6.45, 7) is 5.77. The summed E-state index contributed by atoms with van der Waals surface area (Å²) in [6, 6.07) is 0. The molecule has 1 rings (SSSR count). The van der Waals surface area contributed by atoms with Gasteiger partial charge in [-0.3, -0.25) is 14.4 Å². The van der Waals surface area contributed by atoms with E-state index >= 15 is 0 Å². The van der Waals surface area contributed by atoms with Crippen molar-refractivity contribution >= 4 is 23.9 Å². The van der Waals surface area contributed by atoms with E-state index in [1.165, 1.54) is 38.5 Å². The zero-order valence-corrected chi connectivity index (χ0v) is 45.9. The number of rotatable bonds is 48. The van der Waals surface area contributed by atoms with Crippen molar-refractivity contribution in [2.75, 3.05) is 13.2 Å². The number of carbonyl (C=O) groups excluding carboxylic acids is 3. The highest BCUT2D eigenvalue weighted by atomic mass is 16.7. The first kappa shape index (κ1) is 67.2. The highest BCUT2D eigenvalue weighted by Crippen LogP contribution is 2.26. The number of allylic oxidation sites excluding steroid dienone is 12. The predicted molar refractivity (Wildman–Crippen MR) is 294 cm³/mol. The second kappa shape index (κ2) is 49.1. The number of carboxylic acids is 1. The Kier molecular flexibility index (Phi) is 45.1. The van der Waals surface area contributed by atoms with E-state index in [-0.39, 0.29) is 25.9 Å². The van der Waals surface area contributed by atoms with Crippen molar-refractivity contribution in [1.82, 2.24) is 0 Å². The fraction of sp³-hybridized carbons (Fsp3) is 0.738. The van der Waals surface area contributed by atoms with Crippen molar-refractivity contribution in [3.05, 3.63) is 72.9 Å². The van der Waals surface area contributed by atoms with Gasteiger partial charge >= 0.3 is 23.9 Å². The summed E-state index contributed by atoms with van der Waals surface area (Å²) < 4.78 is 28.4. The highest BCUT2D eigenvalue weighted by molar-refractivity contribution is 5.74.